The van der Waals surface area contributed by atoms with E-state index in [0.29, 0.717) is 13.0 Å². The molecule has 2 atom stereocenters. The molecule has 1 aliphatic rings. The summed E-state index contributed by atoms with van der Waals surface area (Å²) in [5, 5.41) is 13.1. The molecule has 0 radical (unpaired) electrons. The number of aromatic nitrogens is 1. The second-order valence-electron chi connectivity index (χ2n) is 3.85. The lowest BCUT2D eigenvalue weighted by atomic mass is 10.2. The number of pyridine rings is 1. The first kappa shape index (κ1) is 10.6. The number of nitrogens with one attached hydrogen (secondary N) is 1. The van der Waals surface area contributed by atoms with Crippen molar-refractivity contribution >= 4 is 11.9 Å². The van der Waals surface area contributed by atoms with Crippen molar-refractivity contribution in [1.29, 1.82) is 0 Å². The molecular formula is C11H11N2O3-. The van der Waals surface area contributed by atoms with E-state index >= 15 is 0 Å². The quantitative estimate of drug-likeness (QED) is 0.710. The van der Waals surface area contributed by atoms with Gasteiger partial charge in [0.25, 0.3) is 0 Å². The molecule has 1 aromatic rings. The number of carboxylic acid groups (broad SMARTS) is 1. The number of rotatable bonds is 4. The molecule has 0 spiro atoms. The monoisotopic (exact) mass is 219 g/mol. The highest BCUT2D eigenvalue weighted by Gasteiger charge is 2.43. The SMILES string of the molecule is O=C([O-])[C@@H]1C[C@H]1C(=O)NCc1cccnc1. The van der Waals surface area contributed by atoms with Gasteiger partial charge >= 0.3 is 0 Å². The lowest BCUT2D eigenvalue weighted by molar-refractivity contribution is -0.308. The van der Waals surface area contributed by atoms with Crippen molar-refractivity contribution in [3.05, 3.63) is 30.1 Å². The number of hydrogen-bond acceptors (Lipinski definition) is 4. The van der Waals surface area contributed by atoms with Gasteiger partial charge in [-0.2, -0.15) is 0 Å². The normalized spacial score (nSPS) is 22.5. The van der Waals surface area contributed by atoms with Crippen LogP contribution in [0.5, 0.6) is 0 Å². The average Bonchev–Trinajstić information content (AvgIpc) is 3.07. The van der Waals surface area contributed by atoms with E-state index in [1.807, 2.05) is 6.07 Å². The number of nitrogens with zero attached hydrogens (tertiary/aromatic N) is 1. The average molecular weight is 219 g/mol. The zero-order chi connectivity index (χ0) is 11.5. The number of aliphatic carboxylic acids is 1. The molecule has 0 saturated heterocycles. The highest BCUT2D eigenvalue weighted by molar-refractivity contribution is 5.88. The fraction of sp³-hybridized carbons (Fsp3) is 0.364. The first-order valence-electron chi connectivity index (χ1n) is 5.06. The van der Waals surface area contributed by atoms with E-state index in [2.05, 4.69) is 10.3 Å². The maximum absolute atomic E-state index is 11.5. The van der Waals surface area contributed by atoms with Crippen LogP contribution in [0, 0.1) is 11.8 Å². The molecule has 0 aliphatic heterocycles. The number of carboxylic acids is 1. The Morgan fingerprint density at radius 1 is 1.50 bits per heavy atom. The predicted octanol–water partition coefficient (Wildman–Crippen LogP) is -0.916. The zero-order valence-corrected chi connectivity index (χ0v) is 8.55. The molecule has 1 aliphatic carbocycles. The van der Waals surface area contributed by atoms with Crippen molar-refractivity contribution in [2.24, 2.45) is 11.8 Å². The van der Waals surface area contributed by atoms with Crippen molar-refractivity contribution in [3.8, 4) is 0 Å². The van der Waals surface area contributed by atoms with Crippen molar-refractivity contribution in [2.75, 3.05) is 0 Å². The molecule has 1 amide bonds. The van der Waals surface area contributed by atoms with Gasteiger partial charge in [0.05, 0.1) is 0 Å². The first-order valence-corrected chi connectivity index (χ1v) is 5.06. The number of carbonyl (C=O) groups is 2. The Hall–Kier alpha value is -1.91. The van der Waals surface area contributed by atoms with Crippen molar-refractivity contribution in [2.45, 2.75) is 13.0 Å². The van der Waals surface area contributed by atoms with E-state index in [1.165, 1.54) is 0 Å². The Labute approximate surface area is 92.5 Å². The molecule has 1 aromatic heterocycles. The fourth-order valence-corrected chi connectivity index (χ4v) is 1.57. The van der Waals surface area contributed by atoms with Crippen LogP contribution in [0.15, 0.2) is 24.5 Å². The maximum Gasteiger partial charge on any atom is 0.224 e. The molecule has 5 heteroatoms. The molecule has 2 rings (SSSR count). The van der Waals surface area contributed by atoms with Crippen molar-refractivity contribution in [3.63, 3.8) is 0 Å². The van der Waals surface area contributed by atoms with Gasteiger partial charge in [0.15, 0.2) is 0 Å². The lowest BCUT2D eigenvalue weighted by Crippen LogP contribution is -2.30. The van der Waals surface area contributed by atoms with E-state index in [4.69, 9.17) is 0 Å². The summed E-state index contributed by atoms with van der Waals surface area (Å²) in [7, 11) is 0. The standard InChI is InChI=1S/C11H12N2O3/c14-10(8-4-9(8)11(15)16)13-6-7-2-1-3-12-5-7/h1-3,5,8-9H,4,6H2,(H,13,14)(H,15,16)/p-1/t8-,9-/m1/s1. The van der Waals surface area contributed by atoms with E-state index in [-0.39, 0.29) is 5.91 Å². The number of carbonyl (C=O) groups excluding carboxylic acids is 2. The van der Waals surface area contributed by atoms with Crippen LogP contribution in [0.4, 0.5) is 0 Å². The molecule has 0 unspecified atom stereocenters. The van der Waals surface area contributed by atoms with Gasteiger partial charge in [-0.1, -0.05) is 6.07 Å². The van der Waals surface area contributed by atoms with Gasteiger partial charge in [-0.15, -0.1) is 0 Å². The van der Waals surface area contributed by atoms with Crippen LogP contribution in [0.2, 0.25) is 0 Å². The summed E-state index contributed by atoms with van der Waals surface area (Å²) in [6, 6.07) is 3.62. The van der Waals surface area contributed by atoms with Gasteiger partial charge in [-0.05, 0) is 18.1 Å². The Morgan fingerprint density at radius 2 is 2.31 bits per heavy atom. The first-order chi connectivity index (χ1) is 7.68. The molecule has 5 nitrogen and oxygen atoms in total. The molecule has 0 bridgehead atoms. The second kappa shape index (κ2) is 4.30. The molecule has 1 N–H and O–H groups in total. The molecule has 1 fully saturated rings. The van der Waals surface area contributed by atoms with Crippen LogP contribution in [0.1, 0.15) is 12.0 Å². The minimum atomic E-state index is -1.14. The van der Waals surface area contributed by atoms with Crippen LogP contribution >= 0.6 is 0 Å². The van der Waals surface area contributed by atoms with Crippen LogP contribution in [0.3, 0.4) is 0 Å². The van der Waals surface area contributed by atoms with Gasteiger partial charge in [0, 0.05) is 36.7 Å². The van der Waals surface area contributed by atoms with Crippen LogP contribution < -0.4 is 10.4 Å². The topological polar surface area (TPSA) is 82.1 Å². The smallest absolute Gasteiger partial charge is 0.224 e. The van der Waals surface area contributed by atoms with Crippen molar-refractivity contribution in [1.82, 2.24) is 10.3 Å². The number of hydrogen-bond donors (Lipinski definition) is 1. The molecule has 0 aromatic carbocycles. The summed E-state index contributed by atoms with van der Waals surface area (Å²) in [6.07, 6.45) is 3.70. The third kappa shape index (κ3) is 2.36. The maximum atomic E-state index is 11.5. The van der Waals surface area contributed by atoms with Crippen molar-refractivity contribution < 1.29 is 14.7 Å². The zero-order valence-electron chi connectivity index (χ0n) is 8.55. The Kier molecular flexibility index (Phi) is 2.85. The summed E-state index contributed by atoms with van der Waals surface area (Å²) in [5.41, 5.74) is 0.890. The Bertz CT molecular complexity index is 405. The Morgan fingerprint density at radius 3 is 2.88 bits per heavy atom. The van der Waals surface area contributed by atoms with Crippen LogP contribution in [-0.4, -0.2) is 16.9 Å². The largest absolute Gasteiger partial charge is 0.550 e. The fourth-order valence-electron chi connectivity index (χ4n) is 1.57. The second-order valence-corrected chi connectivity index (χ2v) is 3.85. The summed E-state index contributed by atoms with van der Waals surface area (Å²) >= 11 is 0. The lowest BCUT2D eigenvalue weighted by Gasteiger charge is -2.04. The van der Waals surface area contributed by atoms with Gasteiger partial charge < -0.3 is 15.2 Å². The van der Waals surface area contributed by atoms with E-state index < -0.39 is 17.8 Å². The van der Waals surface area contributed by atoms with Gasteiger partial charge in [0.2, 0.25) is 5.91 Å². The summed E-state index contributed by atoms with van der Waals surface area (Å²) in [4.78, 5) is 25.8. The van der Waals surface area contributed by atoms with E-state index in [0.717, 1.165) is 5.56 Å². The molecule has 84 valence electrons. The van der Waals surface area contributed by atoms with E-state index in [9.17, 15) is 14.7 Å². The number of amides is 1. The molecule has 16 heavy (non-hydrogen) atoms. The minimum absolute atomic E-state index is 0.224. The minimum Gasteiger partial charge on any atom is -0.550 e. The van der Waals surface area contributed by atoms with Gasteiger partial charge in [0.1, 0.15) is 0 Å². The summed E-state index contributed by atoms with van der Waals surface area (Å²) in [6.45, 7) is 0.378. The highest BCUT2D eigenvalue weighted by atomic mass is 16.4. The predicted molar refractivity (Wildman–Crippen MR) is 52.7 cm³/mol. The summed E-state index contributed by atoms with van der Waals surface area (Å²) < 4.78 is 0. The summed E-state index contributed by atoms with van der Waals surface area (Å²) in [5.74, 6) is -2.38. The van der Waals surface area contributed by atoms with Gasteiger partial charge in [-0.25, -0.2) is 0 Å². The van der Waals surface area contributed by atoms with Crippen LogP contribution in [0.25, 0.3) is 0 Å². The van der Waals surface area contributed by atoms with Gasteiger partial charge in [-0.3, -0.25) is 9.78 Å². The third-order valence-corrected chi connectivity index (χ3v) is 2.62. The highest BCUT2D eigenvalue weighted by Crippen LogP contribution is 2.37. The Balaban J connectivity index is 1.80. The molecular weight excluding hydrogens is 208 g/mol. The van der Waals surface area contributed by atoms with E-state index in [1.54, 1.807) is 18.5 Å². The molecule has 1 saturated carbocycles. The third-order valence-electron chi connectivity index (χ3n) is 2.62. The molecule has 1 heterocycles. The van der Waals surface area contributed by atoms with Crippen LogP contribution in [-0.2, 0) is 16.1 Å².